The van der Waals surface area contributed by atoms with Gasteiger partial charge >= 0.3 is 0 Å². The number of halogens is 2. The SMILES string of the molecule is O=C(Nc1ccccc1)c1ccnc(C(=O)c2ccc(Cl)c(Cl)c2)c1. The fraction of sp³-hybridized carbons (Fsp3) is 0. The van der Waals surface area contributed by atoms with Gasteiger partial charge < -0.3 is 5.32 Å². The van der Waals surface area contributed by atoms with Crippen molar-refractivity contribution in [2.24, 2.45) is 0 Å². The van der Waals surface area contributed by atoms with Gasteiger partial charge in [-0.05, 0) is 42.5 Å². The first-order valence-corrected chi connectivity index (χ1v) is 8.12. The number of pyridine rings is 1. The first kappa shape index (κ1) is 17.1. The lowest BCUT2D eigenvalue weighted by molar-refractivity contribution is 0.102. The average molecular weight is 371 g/mol. The number of hydrogen-bond donors (Lipinski definition) is 1. The van der Waals surface area contributed by atoms with E-state index in [9.17, 15) is 9.59 Å². The molecule has 25 heavy (non-hydrogen) atoms. The molecular weight excluding hydrogens is 359 g/mol. The number of aromatic nitrogens is 1. The summed E-state index contributed by atoms with van der Waals surface area (Å²) < 4.78 is 0. The summed E-state index contributed by atoms with van der Waals surface area (Å²) in [5.41, 5.74) is 1.51. The minimum Gasteiger partial charge on any atom is -0.322 e. The standard InChI is InChI=1S/C19H12Cl2N2O2/c20-15-7-6-12(10-16(15)21)18(24)17-11-13(8-9-22-17)19(25)23-14-4-2-1-3-5-14/h1-11H,(H,23,25). The highest BCUT2D eigenvalue weighted by molar-refractivity contribution is 6.42. The third kappa shape index (κ3) is 4.05. The lowest BCUT2D eigenvalue weighted by Gasteiger charge is -2.07. The molecule has 3 rings (SSSR count). The lowest BCUT2D eigenvalue weighted by atomic mass is 10.1. The molecule has 1 heterocycles. The van der Waals surface area contributed by atoms with Crippen LogP contribution < -0.4 is 5.32 Å². The summed E-state index contributed by atoms with van der Waals surface area (Å²) in [6.45, 7) is 0. The molecule has 2 aromatic carbocycles. The summed E-state index contributed by atoms with van der Waals surface area (Å²) in [5, 5.41) is 3.41. The van der Waals surface area contributed by atoms with Gasteiger partial charge in [0.15, 0.2) is 0 Å². The first-order valence-electron chi connectivity index (χ1n) is 7.37. The quantitative estimate of drug-likeness (QED) is 0.666. The van der Waals surface area contributed by atoms with Crippen LogP contribution in [0.2, 0.25) is 10.0 Å². The van der Waals surface area contributed by atoms with Gasteiger partial charge in [0.1, 0.15) is 5.69 Å². The second-order valence-corrected chi connectivity index (χ2v) is 6.02. The van der Waals surface area contributed by atoms with Crippen LogP contribution in [-0.2, 0) is 0 Å². The second kappa shape index (κ2) is 7.47. The Labute approximate surface area is 154 Å². The molecule has 124 valence electrons. The van der Waals surface area contributed by atoms with Crippen molar-refractivity contribution in [1.29, 1.82) is 0 Å². The number of anilines is 1. The van der Waals surface area contributed by atoms with E-state index in [0.29, 0.717) is 21.8 Å². The Balaban J connectivity index is 1.84. The van der Waals surface area contributed by atoms with E-state index in [0.717, 1.165) is 0 Å². The molecule has 0 aliphatic carbocycles. The minimum atomic E-state index is -0.340. The number of rotatable bonds is 4. The highest BCUT2D eigenvalue weighted by Crippen LogP contribution is 2.23. The molecule has 0 radical (unpaired) electrons. The molecule has 0 saturated heterocycles. The largest absolute Gasteiger partial charge is 0.322 e. The van der Waals surface area contributed by atoms with Crippen LogP contribution in [0.15, 0.2) is 66.9 Å². The maximum atomic E-state index is 12.5. The van der Waals surface area contributed by atoms with Gasteiger partial charge in [0, 0.05) is 23.0 Å². The van der Waals surface area contributed by atoms with Gasteiger partial charge in [0.25, 0.3) is 5.91 Å². The molecule has 0 unspecified atom stereocenters. The van der Waals surface area contributed by atoms with Crippen molar-refractivity contribution in [2.45, 2.75) is 0 Å². The zero-order valence-corrected chi connectivity index (χ0v) is 14.4. The van der Waals surface area contributed by atoms with Crippen LogP contribution >= 0.6 is 23.2 Å². The Hall–Kier alpha value is -2.69. The van der Waals surface area contributed by atoms with Crippen LogP contribution in [0.4, 0.5) is 5.69 Å². The Bertz CT molecular complexity index is 943. The van der Waals surface area contributed by atoms with Crippen molar-refractivity contribution >= 4 is 40.6 Å². The average Bonchev–Trinajstić information content (AvgIpc) is 2.64. The number of amides is 1. The normalized spacial score (nSPS) is 10.3. The predicted octanol–water partition coefficient (Wildman–Crippen LogP) is 4.87. The first-order chi connectivity index (χ1) is 12.0. The van der Waals surface area contributed by atoms with Crippen molar-refractivity contribution in [3.05, 3.63) is 93.7 Å². The topological polar surface area (TPSA) is 59.1 Å². The van der Waals surface area contributed by atoms with Crippen molar-refractivity contribution in [1.82, 2.24) is 4.98 Å². The molecule has 0 saturated carbocycles. The van der Waals surface area contributed by atoms with E-state index in [1.54, 1.807) is 30.3 Å². The van der Waals surface area contributed by atoms with Crippen molar-refractivity contribution in [3.8, 4) is 0 Å². The number of benzene rings is 2. The van der Waals surface area contributed by atoms with Gasteiger partial charge in [0.2, 0.25) is 5.78 Å². The molecule has 0 atom stereocenters. The Morgan fingerprint density at radius 3 is 2.32 bits per heavy atom. The molecule has 0 spiro atoms. The van der Waals surface area contributed by atoms with E-state index < -0.39 is 0 Å². The van der Waals surface area contributed by atoms with E-state index >= 15 is 0 Å². The van der Waals surface area contributed by atoms with E-state index in [1.807, 2.05) is 18.2 Å². The lowest BCUT2D eigenvalue weighted by Crippen LogP contribution is -2.13. The van der Waals surface area contributed by atoms with Gasteiger partial charge in [0.05, 0.1) is 10.0 Å². The maximum Gasteiger partial charge on any atom is 0.255 e. The highest BCUT2D eigenvalue weighted by atomic mass is 35.5. The van der Waals surface area contributed by atoms with Gasteiger partial charge in [-0.25, -0.2) is 0 Å². The third-order valence-electron chi connectivity index (χ3n) is 3.47. The van der Waals surface area contributed by atoms with Gasteiger partial charge in [-0.3, -0.25) is 14.6 Å². The summed E-state index contributed by atoms with van der Waals surface area (Å²) in [7, 11) is 0. The minimum absolute atomic E-state index is 0.152. The number of hydrogen-bond acceptors (Lipinski definition) is 3. The number of carbonyl (C=O) groups is 2. The smallest absolute Gasteiger partial charge is 0.255 e. The highest BCUT2D eigenvalue weighted by Gasteiger charge is 2.15. The summed E-state index contributed by atoms with van der Waals surface area (Å²) >= 11 is 11.8. The molecule has 6 heteroatoms. The zero-order valence-electron chi connectivity index (χ0n) is 12.9. The summed E-state index contributed by atoms with van der Waals surface area (Å²) in [6, 6.07) is 16.6. The fourth-order valence-electron chi connectivity index (χ4n) is 2.21. The molecule has 1 N–H and O–H groups in total. The summed E-state index contributed by atoms with van der Waals surface area (Å²) in [6.07, 6.45) is 1.42. The summed E-state index contributed by atoms with van der Waals surface area (Å²) in [5.74, 6) is -0.662. The monoisotopic (exact) mass is 370 g/mol. The Kier molecular flexibility index (Phi) is 5.12. The van der Waals surface area contributed by atoms with E-state index in [1.165, 1.54) is 18.3 Å². The predicted molar refractivity (Wildman–Crippen MR) is 98.5 cm³/mol. The van der Waals surface area contributed by atoms with Crippen LogP contribution in [0.3, 0.4) is 0 Å². The van der Waals surface area contributed by atoms with E-state index in [2.05, 4.69) is 10.3 Å². The third-order valence-corrected chi connectivity index (χ3v) is 4.21. The Morgan fingerprint density at radius 2 is 1.60 bits per heavy atom. The van der Waals surface area contributed by atoms with Crippen LogP contribution in [0.5, 0.6) is 0 Å². The van der Waals surface area contributed by atoms with Crippen LogP contribution in [0, 0.1) is 0 Å². The van der Waals surface area contributed by atoms with Crippen molar-refractivity contribution in [3.63, 3.8) is 0 Å². The Morgan fingerprint density at radius 1 is 0.840 bits per heavy atom. The molecule has 1 aromatic heterocycles. The summed E-state index contributed by atoms with van der Waals surface area (Å²) in [4.78, 5) is 28.9. The molecule has 0 fully saturated rings. The van der Waals surface area contributed by atoms with Gasteiger partial charge in [-0.1, -0.05) is 41.4 Å². The number of para-hydroxylation sites is 1. The second-order valence-electron chi connectivity index (χ2n) is 5.21. The molecule has 0 aliphatic heterocycles. The zero-order chi connectivity index (χ0) is 17.8. The van der Waals surface area contributed by atoms with Crippen LogP contribution in [-0.4, -0.2) is 16.7 Å². The van der Waals surface area contributed by atoms with E-state index in [-0.39, 0.29) is 22.4 Å². The number of ketones is 1. The molecule has 1 amide bonds. The molecule has 0 bridgehead atoms. The fourth-order valence-corrected chi connectivity index (χ4v) is 2.50. The number of nitrogens with one attached hydrogen (secondary N) is 1. The van der Waals surface area contributed by atoms with Gasteiger partial charge in [-0.2, -0.15) is 0 Å². The molecule has 3 aromatic rings. The van der Waals surface area contributed by atoms with E-state index in [4.69, 9.17) is 23.2 Å². The number of carbonyl (C=O) groups excluding carboxylic acids is 2. The number of nitrogens with zero attached hydrogens (tertiary/aromatic N) is 1. The van der Waals surface area contributed by atoms with Crippen LogP contribution in [0.25, 0.3) is 0 Å². The van der Waals surface area contributed by atoms with Crippen molar-refractivity contribution < 1.29 is 9.59 Å². The molecular formula is C19H12Cl2N2O2. The van der Waals surface area contributed by atoms with Gasteiger partial charge in [-0.15, -0.1) is 0 Å². The molecule has 4 nitrogen and oxygen atoms in total. The maximum absolute atomic E-state index is 12.5. The van der Waals surface area contributed by atoms with Crippen LogP contribution in [0.1, 0.15) is 26.4 Å². The molecule has 0 aliphatic rings. The van der Waals surface area contributed by atoms with Crippen molar-refractivity contribution in [2.75, 3.05) is 5.32 Å².